The van der Waals surface area contributed by atoms with Crippen molar-refractivity contribution in [2.75, 3.05) is 20.6 Å². The number of nitrogens with one attached hydrogen (secondary N) is 1. The van der Waals surface area contributed by atoms with Gasteiger partial charge in [-0.1, -0.05) is 23.7 Å². The number of hydrogen-bond acceptors (Lipinski definition) is 2. The highest BCUT2D eigenvalue weighted by Gasteiger charge is 2.07. The molecule has 0 atom stereocenters. The number of halogens is 2. The van der Waals surface area contributed by atoms with Crippen molar-refractivity contribution in [1.29, 1.82) is 0 Å². The Morgan fingerprint density at radius 1 is 1.39 bits per heavy atom. The van der Waals surface area contributed by atoms with Crippen molar-refractivity contribution in [3.63, 3.8) is 0 Å². The molecule has 1 N–H and O–H groups in total. The molecule has 1 heterocycles. The molecule has 0 saturated carbocycles. The molecule has 23 heavy (non-hydrogen) atoms. The van der Waals surface area contributed by atoms with Gasteiger partial charge in [0.2, 0.25) is 0 Å². The lowest BCUT2D eigenvalue weighted by Crippen LogP contribution is -2.39. The van der Waals surface area contributed by atoms with Crippen LogP contribution in [0.2, 0.25) is 5.02 Å². The Labute approximate surface area is 159 Å². The van der Waals surface area contributed by atoms with Crippen LogP contribution in [0, 0.1) is 0 Å². The summed E-state index contributed by atoms with van der Waals surface area (Å²) in [6.45, 7) is 1.57. The van der Waals surface area contributed by atoms with Gasteiger partial charge in [0.1, 0.15) is 0 Å². The molecule has 5 nitrogen and oxygen atoms in total. The van der Waals surface area contributed by atoms with E-state index >= 15 is 0 Å². The van der Waals surface area contributed by atoms with Gasteiger partial charge < -0.3 is 10.2 Å². The number of rotatable bonds is 5. The minimum atomic E-state index is 0. The molecule has 2 aromatic rings. The number of aliphatic imine (C=N–C) groups is 1. The van der Waals surface area contributed by atoms with Crippen molar-refractivity contribution in [2.45, 2.75) is 13.0 Å². The molecule has 0 aliphatic carbocycles. The van der Waals surface area contributed by atoms with Crippen LogP contribution in [-0.2, 0) is 20.0 Å². The average molecular weight is 448 g/mol. The van der Waals surface area contributed by atoms with Crippen molar-refractivity contribution >= 4 is 41.5 Å². The Morgan fingerprint density at radius 2 is 2.17 bits per heavy atom. The predicted octanol–water partition coefficient (Wildman–Crippen LogP) is 2.94. The third kappa shape index (κ3) is 6.39. The number of nitrogens with zero attached hydrogens (tertiary/aromatic N) is 4. The van der Waals surface area contributed by atoms with Gasteiger partial charge in [0.05, 0.1) is 6.20 Å². The smallest absolute Gasteiger partial charge is 0.193 e. The van der Waals surface area contributed by atoms with Crippen molar-refractivity contribution < 1.29 is 0 Å². The molecular weight excluding hydrogens is 425 g/mol. The molecule has 0 spiro atoms. The van der Waals surface area contributed by atoms with Gasteiger partial charge in [-0.25, -0.2) is 0 Å². The van der Waals surface area contributed by atoms with E-state index in [9.17, 15) is 0 Å². The fraction of sp³-hybridized carbons (Fsp3) is 0.375. The molecule has 0 amide bonds. The molecule has 7 heteroatoms. The summed E-state index contributed by atoms with van der Waals surface area (Å²) in [7, 11) is 5.73. The number of benzene rings is 1. The van der Waals surface area contributed by atoms with E-state index in [-0.39, 0.29) is 24.0 Å². The van der Waals surface area contributed by atoms with E-state index in [1.807, 2.05) is 49.4 Å². The molecule has 0 unspecified atom stereocenters. The fourth-order valence-electron chi connectivity index (χ4n) is 2.29. The first-order valence-corrected chi connectivity index (χ1v) is 7.60. The molecule has 0 aliphatic rings. The number of hydrogen-bond donors (Lipinski definition) is 1. The average Bonchev–Trinajstić information content (AvgIpc) is 2.89. The minimum Gasteiger partial charge on any atom is -0.356 e. The van der Waals surface area contributed by atoms with Crippen molar-refractivity contribution in [1.82, 2.24) is 20.0 Å². The Kier molecular flexibility index (Phi) is 8.40. The first-order valence-electron chi connectivity index (χ1n) is 7.22. The first-order chi connectivity index (χ1) is 10.6. The maximum absolute atomic E-state index is 6.02. The number of guanidine groups is 1. The van der Waals surface area contributed by atoms with Crippen molar-refractivity contribution in [3.05, 3.63) is 52.8 Å². The normalized spacial score (nSPS) is 11.0. The summed E-state index contributed by atoms with van der Waals surface area (Å²) in [4.78, 5) is 6.40. The van der Waals surface area contributed by atoms with Gasteiger partial charge >= 0.3 is 0 Å². The predicted molar refractivity (Wildman–Crippen MR) is 107 cm³/mol. The topological polar surface area (TPSA) is 45.5 Å². The highest BCUT2D eigenvalue weighted by Crippen LogP contribution is 2.12. The second-order valence-corrected chi connectivity index (χ2v) is 5.67. The van der Waals surface area contributed by atoms with Crippen LogP contribution in [0.15, 0.2) is 41.7 Å². The van der Waals surface area contributed by atoms with Crippen LogP contribution in [0.5, 0.6) is 0 Å². The fourth-order valence-corrected chi connectivity index (χ4v) is 2.50. The van der Waals surface area contributed by atoms with E-state index in [1.165, 1.54) is 5.56 Å². The lowest BCUT2D eigenvalue weighted by molar-refractivity contribution is 0.477. The summed E-state index contributed by atoms with van der Waals surface area (Å²) in [6, 6.07) is 7.88. The summed E-state index contributed by atoms with van der Waals surface area (Å²) in [5.74, 6) is 0.865. The second-order valence-electron chi connectivity index (χ2n) is 5.23. The van der Waals surface area contributed by atoms with Gasteiger partial charge in [-0.2, -0.15) is 5.10 Å². The molecule has 0 fully saturated rings. The molecular formula is C16H23ClIN5. The van der Waals surface area contributed by atoms with E-state index in [0.717, 1.165) is 36.1 Å². The SMILES string of the molecule is CN=C(NCCc1cnn(C)c1)N(C)Cc1cccc(Cl)c1.I. The maximum Gasteiger partial charge on any atom is 0.193 e. The zero-order valence-corrected chi connectivity index (χ0v) is 16.7. The molecule has 0 bridgehead atoms. The Balaban J connectivity index is 0.00000264. The zero-order chi connectivity index (χ0) is 15.9. The summed E-state index contributed by atoms with van der Waals surface area (Å²) < 4.78 is 1.81. The van der Waals surface area contributed by atoms with Gasteiger partial charge in [-0.3, -0.25) is 9.67 Å². The Bertz CT molecular complexity index is 641. The minimum absolute atomic E-state index is 0. The van der Waals surface area contributed by atoms with Crippen LogP contribution < -0.4 is 5.32 Å². The summed E-state index contributed by atoms with van der Waals surface area (Å²) >= 11 is 6.02. The Hall–Kier alpha value is -1.28. The van der Waals surface area contributed by atoms with Gasteiger partial charge in [0.15, 0.2) is 5.96 Å². The zero-order valence-electron chi connectivity index (χ0n) is 13.7. The quantitative estimate of drug-likeness (QED) is 0.435. The maximum atomic E-state index is 6.02. The van der Waals surface area contributed by atoms with E-state index < -0.39 is 0 Å². The van der Waals surface area contributed by atoms with Crippen LogP contribution in [0.1, 0.15) is 11.1 Å². The van der Waals surface area contributed by atoms with E-state index in [1.54, 1.807) is 7.05 Å². The molecule has 2 rings (SSSR count). The van der Waals surface area contributed by atoms with Gasteiger partial charge in [-0.05, 0) is 29.7 Å². The largest absolute Gasteiger partial charge is 0.356 e. The highest BCUT2D eigenvalue weighted by molar-refractivity contribution is 14.0. The van der Waals surface area contributed by atoms with Crippen LogP contribution in [0.25, 0.3) is 0 Å². The monoisotopic (exact) mass is 447 g/mol. The second kappa shape index (κ2) is 9.77. The molecule has 0 saturated heterocycles. The summed E-state index contributed by atoms with van der Waals surface area (Å²) in [6.07, 6.45) is 4.83. The molecule has 0 radical (unpaired) electrons. The third-order valence-electron chi connectivity index (χ3n) is 3.34. The van der Waals surface area contributed by atoms with Crippen LogP contribution in [0.4, 0.5) is 0 Å². The highest BCUT2D eigenvalue weighted by atomic mass is 127. The van der Waals surface area contributed by atoms with Gasteiger partial charge in [-0.15, -0.1) is 24.0 Å². The summed E-state index contributed by atoms with van der Waals surface area (Å²) in [5.41, 5.74) is 2.37. The van der Waals surface area contributed by atoms with Crippen LogP contribution in [-0.4, -0.2) is 41.3 Å². The number of aromatic nitrogens is 2. The first kappa shape index (κ1) is 19.8. The van der Waals surface area contributed by atoms with Gasteiger partial charge in [0, 0.05) is 45.5 Å². The standard InChI is InChI=1S/C16H22ClN5.HI/c1-18-16(19-8-7-14-10-20-22(3)12-14)21(2)11-13-5-4-6-15(17)9-13;/h4-6,9-10,12H,7-8,11H2,1-3H3,(H,18,19);1H. The van der Waals surface area contributed by atoms with Crippen molar-refractivity contribution in [2.24, 2.45) is 12.0 Å². The molecule has 1 aromatic heterocycles. The lowest BCUT2D eigenvalue weighted by atomic mass is 10.2. The molecule has 0 aliphatic heterocycles. The lowest BCUT2D eigenvalue weighted by Gasteiger charge is -2.22. The molecule has 126 valence electrons. The third-order valence-corrected chi connectivity index (χ3v) is 3.57. The van der Waals surface area contributed by atoms with E-state index in [2.05, 4.69) is 26.4 Å². The van der Waals surface area contributed by atoms with Crippen molar-refractivity contribution in [3.8, 4) is 0 Å². The van der Waals surface area contributed by atoms with Gasteiger partial charge in [0.25, 0.3) is 0 Å². The number of aryl methyl sites for hydroxylation is 1. The van der Waals surface area contributed by atoms with E-state index in [4.69, 9.17) is 11.6 Å². The van der Waals surface area contributed by atoms with E-state index in [0.29, 0.717) is 0 Å². The Morgan fingerprint density at radius 3 is 2.78 bits per heavy atom. The summed E-state index contributed by atoms with van der Waals surface area (Å²) in [5, 5.41) is 8.29. The molecule has 1 aromatic carbocycles. The van der Waals surface area contributed by atoms with Crippen LogP contribution >= 0.6 is 35.6 Å². The van der Waals surface area contributed by atoms with Crippen LogP contribution in [0.3, 0.4) is 0 Å².